The van der Waals surface area contributed by atoms with Crippen molar-refractivity contribution in [1.82, 2.24) is 4.98 Å². The summed E-state index contributed by atoms with van der Waals surface area (Å²) in [6.45, 7) is -0.0945. The van der Waals surface area contributed by atoms with Gasteiger partial charge in [-0.3, -0.25) is 0 Å². The maximum atomic E-state index is 9.04. The summed E-state index contributed by atoms with van der Waals surface area (Å²) < 4.78 is 5.23. The molecule has 0 unspecified atom stereocenters. The van der Waals surface area contributed by atoms with Crippen LogP contribution in [0, 0.1) is 0 Å². The molecule has 2 aromatic rings. The lowest BCUT2D eigenvalue weighted by Crippen LogP contribution is -2.00. The number of rotatable bonds is 4. The normalized spacial score (nSPS) is 10.4. The molecule has 0 bridgehead atoms. The maximum Gasteiger partial charge on any atom is 0.216 e. The van der Waals surface area contributed by atoms with Gasteiger partial charge in [0.15, 0.2) is 0 Å². The van der Waals surface area contributed by atoms with Crippen molar-refractivity contribution in [1.29, 1.82) is 0 Å². The number of hydrogen-bond acceptors (Lipinski definition) is 3. The number of benzene rings is 1. The fourth-order valence-electron chi connectivity index (χ4n) is 1.75. The van der Waals surface area contributed by atoms with Gasteiger partial charge in [0, 0.05) is 17.0 Å². The SMILES string of the molecule is COc1nc(CO)ccc1Cc1ccccc1Cl. The average molecular weight is 264 g/mol. The first-order valence-corrected chi connectivity index (χ1v) is 5.99. The Hall–Kier alpha value is -1.58. The summed E-state index contributed by atoms with van der Waals surface area (Å²) in [5.74, 6) is 0.529. The minimum Gasteiger partial charge on any atom is -0.481 e. The molecule has 18 heavy (non-hydrogen) atoms. The highest BCUT2D eigenvalue weighted by Gasteiger charge is 2.08. The van der Waals surface area contributed by atoms with Crippen molar-refractivity contribution >= 4 is 11.6 Å². The lowest BCUT2D eigenvalue weighted by Gasteiger charge is -2.09. The Morgan fingerprint density at radius 3 is 2.61 bits per heavy atom. The van der Waals surface area contributed by atoms with Crippen molar-refractivity contribution in [2.75, 3.05) is 7.11 Å². The summed E-state index contributed by atoms with van der Waals surface area (Å²) in [6, 6.07) is 11.4. The molecular weight excluding hydrogens is 250 g/mol. The summed E-state index contributed by atoms with van der Waals surface area (Å²) in [5.41, 5.74) is 2.56. The van der Waals surface area contributed by atoms with Gasteiger partial charge in [0.2, 0.25) is 5.88 Å². The molecule has 1 aromatic carbocycles. The Labute approximate surface area is 111 Å². The molecule has 0 spiro atoms. The topological polar surface area (TPSA) is 42.4 Å². The van der Waals surface area contributed by atoms with Crippen LogP contribution in [0.3, 0.4) is 0 Å². The summed E-state index contributed by atoms with van der Waals surface area (Å²) in [6.07, 6.45) is 0.654. The van der Waals surface area contributed by atoms with Crippen molar-refractivity contribution in [3.05, 3.63) is 58.2 Å². The second-order valence-corrected chi connectivity index (χ2v) is 4.30. The van der Waals surface area contributed by atoms with Gasteiger partial charge in [0.05, 0.1) is 19.4 Å². The van der Waals surface area contributed by atoms with Gasteiger partial charge in [-0.2, -0.15) is 0 Å². The largest absolute Gasteiger partial charge is 0.481 e. The Morgan fingerprint density at radius 2 is 1.94 bits per heavy atom. The molecule has 1 N–H and O–H groups in total. The number of halogens is 1. The van der Waals surface area contributed by atoms with Crippen molar-refractivity contribution in [3.8, 4) is 5.88 Å². The van der Waals surface area contributed by atoms with E-state index in [1.807, 2.05) is 30.3 Å². The van der Waals surface area contributed by atoms with E-state index in [-0.39, 0.29) is 6.61 Å². The fraction of sp³-hybridized carbons (Fsp3) is 0.214. The quantitative estimate of drug-likeness (QED) is 0.922. The molecular formula is C14H14ClNO2. The Kier molecular flexibility index (Phi) is 4.18. The van der Waals surface area contributed by atoms with E-state index < -0.39 is 0 Å². The smallest absolute Gasteiger partial charge is 0.216 e. The summed E-state index contributed by atoms with van der Waals surface area (Å²) in [7, 11) is 1.57. The number of ether oxygens (including phenoxy) is 1. The van der Waals surface area contributed by atoms with Gasteiger partial charge in [-0.15, -0.1) is 0 Å². The average Bonchev–Trinajstić information content (AvgIpc) is 2.41. The molecule has 0 aliphatic heterocycles. The molecule has 0 aliphatic carbocycles. The number of pyridine rings is 1. The third-order valence-electron chi connectivity index (χ3n) is 2.69. The minimum absolute atomic E-state index is 0.0945. The van der Waals surface area contributed by atoms with Crippen LogP contribution >= 0.6 is 11.6 Å². The molecule has 0 amide bonds. The van der Waals surface area contributed by atoms with Gasteiger partial charge in [-0.05, 0) is 17.7 Å². The van der Waals surface area contributed by atoms with E-state index in [0.717, 1.165) is 16.1 Å². The molecule has 0 atom stereocenters. The molecule has 1 heterocycles. The van der Waals surface area contributed by atoms with Crippen LogP contribution in [0.4, 0.5) is 0 Å². The molecule has 0 saturated carbocycles. The highest BCUT2D eigenvalue weighted by atomic mass is 35.5. The van der Waals surface area contributed by atoms with Crippen LogP contribution in [0.2, 0.25) is 5.02 Å². The molecule has 3 nitrogen and oxygen atoms in total. The summed E-state index contributed by atoms with van der Waals surface area (Å²) in [5, 5.41) is 9.77. The third-order valence-corrected chi connectivity index (χ3v) is 3.06. The molecule has 2 rings (SSSR count). The van der Waals surface area contributed by atoms with Crippen molar-refractivity contribution in [3.63, 3.8) is 0 Å². The number of aromatic nitrogens is 1. The summed E-state index contributed by atoms with van der Waals surface area (Å²) >= 11 is 6.13. The van der Waals surface area contributed by atoms with Crippen LogP contribution in [0.15, 0.2) is 36.4 Å². The van der Waals surface area contributed by atoms with Crippen LogP contribution in [-0.4, -0.2) is 17.2 Å². The second-order valence-electron chi connectivity index (χ2n) is 3.90. The van der Waals surface area contributed by atoms with Gasteiger partial charge >= 0.3 is 0 Å². The van der Waals surface area contributed by atoms with Crippen LogP contribution in [0.25, 0.3) is 0 Å². The molecule has 0 aliphatic rings. The molecule has 1 aromatic heterocycles. The van der Waals surface area contributed by atoms with E-state index in [2.05, 4.69) is 4.98 Å². The first-order chi connectivity index (χ1) is 8.74. The van der Waals surface area contributed by atoms with Crippen LogP contribution < -0.4 is 4.74 Å². The Bertz CT molecular complexity index is 543. The predicted octanol–water partition coefficient (Wildman–Crippen LogP) is 2.83. The highest BCUT2D eigenvalue weighted by molar-refractivity contribution is 6.31. The molecule has 0 fully saturated rings. The molecule has 0 saturated heterocycles. The van der Waals surface area contributed by atoms with Gasteiger partial charge in [-0.25, -0.2) is 4.98 Å². The highest BCUT2D eigenvalue weighted by Crippen LogP contribution is 2.23. The fourth-order valence-corrected chi connectivity index (χ4v) is 1.96. The van der Waals surface area contributed by atoms with E-state index in [1.165, 1.54) is 0 Å². The Morgan fingerprint density at radius 1 is 1.17 bits per heavy atom. The third kappa shape index (κ3) is 2.81. The van der Waals surface area contributed by atoms with Crippen molar-refractivity contribution < 1.29 is 9.84 Å². The van der Waals surface area contributed by atoms with E-state index >= 15 is 0 Å². The van der Waals surface area contributed by atoms with Crippen LogP contribution in [-0.2, 0) is 13.0 Å². The van der Waals surface area contributed by atoms with Gasteiger partial charge in [0.1, 0.15) is 0 Å². The van der Waals surface area contributed by atoms with E-state index in [4.69, 9.17) is 21.4 Å². The first-order valence-electron chi connectivity index (χ1n) is 5.61. The second kappa shape index (κ2) is 5.85. The molecule has 4 heteroatoms. The summed E-state index contributed by atoms with van der Waals surface area (Å²) in [4.78, 5) is 4.22. The lowest BCUT2D eigenvalue weighted by atomic mass is 10.1. The zero-order chi connectivity index (χ0) is 13.0. The number of aliphatic hydroxyl groups is 1. The monoisotopic (exact) mass is 263 g/mol. The van der Waals surface area contributed by atoms with Crippen LogP contribution in [0.5, 0.6) is 5.88 Å². The van der Waals surface area contributed by atoms with Crippen molar-refractivity contribution in [2.45, 2.75) is 13.0 Å². The van der Waals surface area contributed by atoms with Gasteiger partial charge in [-0.1, -0.05) is 35.9 Å². The number of hydrogen-bond donors (Lipinski definition) is 1. The van der Waals surface area contributed by atoms with Crippen LogP contribution in [0.1, 0.15) is 16.8 Å². The van der Waals surface area contributed by atoms with Gasteiger partial charge < -0.3 is 9.84 Å². The van der Waals surface area contributed by atoms with E-state index in [1.54, 1.807) is 13.2 Å². The lowest BCUT2D eigenvalue weighted by molar-refractivity contribution is 0.274. The predicted molar refractivity (Wildman–Crippen MR) is 71.0 cm³/mol. The van der Waals surface area contributed by atoms with Gasteiger partial charge in [0.25, 0.3) is 0 Å². The Balaban J connectivity index is 2.32. The zero-order valence-corrected chi connectivity index (χ0v) is 10.8. The van der Waals surface area contributed by atoms with Crippen molar-refractivity contribution in [2.24, 2.45) is 0 Å². The van der Waals surface area contributed by atoms with E-state index in [9.17, 15) is 0 Å². The molecule has 0 radical (unpaired) electrons. The maximum absolute atomic E-state index is 9.04. The zero-order valence-electron chi connectivity index (χ0n) is 10.1. The number of aliphatic hydroxyl groups excluding tert-OH is 1. The minimum atomic E-state index is -0.0945. The number of methoxy groups -OCH3 is 1. The first kappa shape index (κ1) is 12.9. The number of nitrogens with zero attached hydrogens (tertiary/aromatic N) is 1. The van der Waals surface area contributed by atoms with E-state index in [0.29, 0.717) is 18.0 Å². The molecule has 94 valence electrons. The standard InChI is InChI=1S/C14H14ClNO2/c1-18-14-11(6-7-12(9-17)16-14)8-10-4-2-3-5-13(10)15/h2-7,17H,8-9H2,1H3.